The number of nitrogens with one attached hydrogen (secondary N) is 1. The first kappa shape index (κ1) is 9.98. The van der Waals surface area contributed by atoms with E-state index in [9.17, 15) is 0 Å². The van der Waals surface area contributed by atoms with Gasteiger partial charge < -0.3 is 9.88 Å². The largest absolute Gasteiger partial charge is 0.355 e. The maximum atomic E-state index is 4.46. The molecule has 0 aliphatic heterocycles. The van der Waals surface area contributed by atoms with E-state index in [2.05, 4.69) is 21.1 Å². The summed E-state index contributed by atoms with van der Waals surface area (Å²) in [7, 11) is 0. The van der Waals surface area contributed by atoms with Crippen molar-refractivity contribution in [1.29, 1.82) is 0 Å². The van der Waals surface area contributed by atoms with Crippen molar-refractivity contribution in [3.8, 4) is 0 Å². The fraction of sp³-hybridized carbons (Fsp3) is 0.786. The Morgan fingerprint density at radius 3 is 2.47 bits per heavy atom. The summed E-state index contributed by atoms with van der Waals surface area (Å²) < 4.78 is 2.33. The van der Waals surface area contributed by atoms with Crippen LogP contribution in [-0.4, -0.2) is 16.1 Å². The molecule has 1 aromatic rings. The van der Waals surface area contributed by atoms with Crippen LogP contribution in [0.15, 0.2) is 12.4 Å². The standard InChI is InChI=1S/C14H21N3/c1-2-10(1)13(11-3-4-11)9-16-14-15-7-8-17(14)12-5-6-12/h7-8,10-13H,1-6,9H2,(H,15,16). The van der Waals surface area contributed by atoms with Crippen LogP contribution in [0, 0.1) is 17.8 Å². The van der Waals surface area contributed by atoms with E-state index in [4.69, 9.17) is 0 Å². The molecule has 1 heterocycles. The fourth-order valence-electron chi connectivity index (χ4n) is 3.07. The second-order valence-electron chi connectivity index (χ2n) is 6.11. The van der Waals surface area contributed by atoms with E-state index in [1.54, 1.807) is 0 Å². The first-order chi connectivity index (χ1) is 8.42. The Balaban J connectivity index is 1.40. The molecule has 3 heteroatoms. The Labute approximate surface area is 103 Å². The number of imidazole rings is 1. The second kappa shape index (κ2) is 3.76. The van der Waals surface area contributed by atoms with Gasteiger partial charge in [-0.3, -0.25) is 0 Å². The van der Waals surface area contributed by atoms with Gasteiger partial charge in [-0.1, -0.05) is 0 Å². The molecule has 0 amide bonds. The fourth-order valence-corrected chi connectivity index (χ4v) is 3.07. The van der Waals surface area contributed by atoms with Gasteiger partial charge in [-0.2, -0.15) is 0 Å². The molecule has 0 aromatic carbocycles. The first-order valence-electron chi connectivity index (χ1n) is 7.18. The van der Waals surface area contributed by atoms with Crippen LogP contribution in [0.2, 0.25) is 0 Å². The van der Waals surface area contributed by atoms with E-state index in [1.807, 2.05) is 6.20 Å². The molecule has 3 aliphatic rings. The molecule has 3 aliphatic carbocycles. The van der Waals surface area contributed by atoms with Crippen molar-refractivity contribution >= 4 is 5.95 Å². The summed E-state index contributed by atoms with van der Waals surface area (Å²) in [5.74, 6) is 4.09. The summed E-state index contributed by atoms with van der Waals surface area (Å²) >= 11 is 0. The third-order valence-corrected chi connectivity index (χ3v) is 4.56. The maximum absolute atomic E-state index is 4.46. The lowest BCUT2D eigenvalue weighted by molar-refractivity contribution is 0.426. The summed E-state index contributed by atoms with van der Waals surface area (Å²) in [6.45, 7) is 1.15. The minimum absolute atomic E-state index is 0.736. The van der Waals surface area contributed by atoms with E-state index in [-0.39, 0.29) is 0 Å². The zero-order chi connectivity index (χ0) is 11.2. The summed E-state index contributed by atoms with van der Waals surface area (Å²) in [4.78, 5) is 4.46. The summed E-state index contributed by atoms with van der Waals surface area (Å²) in [5.41, 5.74) is 0. The van der Waals surface area contributed by atoms with Crippen LogP contribution < -0.4 is 5.32 Å². The van der Waals surface area contributed by atoms with Gasteiger partial charge in [0, 0.05) is 25.0 Å². The number of nitrogens with zero attached hydrogens (tertiary/aromatic N) is 2. The quantitative estimate of drug-likeness (QED) is 0.815. The molecule has 0 unspecified atom stereocenters. The molecule has 4 rings (SSSR count). The van der Waals surface area contributed by atoms with Crippen molar-refractivity contribution in [3.63, 3.8) is 0 Å². The van der Waals surface area contributed by atoms with Gasteiger partial charge in [-0.05, 0) is 56.3 Å². The third-order valence-electron chi connectivity index (χ3n) is 4.56. The van der Waals surface area contributed by atoms with E-state index in [0.717, 1.165) is 36.3 Å². The second-order valence-corrected chi connectivity index (χ2v) is 6.11. The lowest BCUT2D eigenvalue weighted by Gasteiger charge is -2.17. The lowest BCUT2D eigenvalue weighted by atomic mass is 9.98. The Kier molecular flexibility index (Phi) is 2.20. The Morgan fingerprint density at radius 1 is 1.18 bits per heavy atom. The van der Waals surface area contributed by atoms with Crippen molar-refractivity contribution < 1.29 is 0 Å². The summed E-state index contributed by atoms with van der Waals surface area (Å²) in [6, 6.07) is 0.736. The zero-order valence-electron chi connectivity index (χ0n) is 10.3. The van der Waals surface area contributed by atoms with Crippen LogP contribution in [0.5, 0.6) is 0 Å². The van der Waals surface area contributed by atoms with Crippen molar-refractivity contribution in [2.75, 3.05) is 11.9 Å². The SMILES string of the molecule is c1cn(C2CC2)c(NCC(C2CC2)C2CC2)n1. The van der Waals surface area contributed by atoms with Crippen molar-refractivity contribution in [3.05, 3.63) is 12.4 Å². The topological polar surface area (TPSA) is 29.9 Å². The number of aromatic nitrogens is 2. The molecule has 0 bridgehead atoms. The third kappa shape index (κ3) is 2.07. The van der Waals surface area contributed by atoms with Crippen LogP contribution in [-0.2, 0) is 0 Å². The zero-order valence-corrected chi connectivity index (χ0v) is 10.3. The van der Waals surface area contributed by atoms with Gasteiger partial charge in [-0.15, -0.1) is 0 Å². The van der Waals surface area contributed by atoms with E-state index >= 15 is 0 Å². The Hall–Kier alpha value is -0.990. The molecule has 17 heavy (non-hydrogen) atoms. The van der Waals surface area contributed by atoms with E-state index < -0.39 is 0 Å². The van der Waals surface area contributed by atoms with Gasteiger partial charge in [-0.25, -0.2) is 4.98 Å². The number of hydrogen-bond donors (Lipinski definition) is 1. The summed E-state index contributed by atoms with van der Waals surface area (Å²) in [6.07, 6.45) is 12.6. The van der Waals surface area contributed by atoms with E-state index in [0.29, 0.717) is 0 Å². The molecular formula is C14H21N3. The number of rotatable bonds is 6. The predicted molar refractivity (Wildman–Crippen MR) is 67.9 cm³/mol. The molecule has 0 saturated heterocycles. The lowest BCUT2D eigenvalue weighted by Crippen LogP contribution is -2.20. The minimum Gasteiger partial charge on any atom is -0.355 e. The smallest absolute Gasteiger partial charge is 0.203 e. The highest BCUT2D eigenvalue weighted by Crippen LogP contribution is 2.49. The van der Waals surface area contributed by atoms with Crippen molar-refractivity contribution in [2.45, 2.75) is 44.6 Å². The highest BCUT2D eigenvalue weighted by Gasteiger charge is 2.41. The van der Waals surface area contributed by atoms with Crippen molar-refractivity contribution in [2.24, 2.45) is 17.8 Å². The highest BCUT2D eigenvalue weighted by molar-refractivity contribution is 5.28. The van der Waals surface area contributed by atoms with Crippen LogP contribution in [0.3, 0.4) is 0 Å². The van der Waals surface area contributed by atoms with Gasteiger partial charge in [0.1, 0.15) is 0 Å². The average molecular weight is 231 g/mol. The molecule has 3 fully saturated rings. The first-order valence-corrected chi connectivity index (χ1v) is 7.18. The van der Waals surface area contributed by atoms with Crippen LogP contribution in [0.1, 0.15) is 44.6 Å². The van der Waals surface area contributed by atoms with Gasteiger partial charge >= 0.3 is 0 Å². The molecule has 0 spiro atoms. The van der Waals surface area contributed by atoms with Gasteiger partial charge in [0.2, 0.25) is 5.95 Å². The molecule has 3 saturated carbocycles. The Morgan fingerprint density at radius 2 is 1.88 bits per heavy atom. The Bertz CT molecular complexity index is 387. The van der Waals surface area contributed by atoms with Crippen LogP contribution in [0.25, 0.3) is 0 Å². The van der Waals surface area contributed by atoms with E-state index in [1.165, 1.54) is 38.5 Å². The molecule has 1 N–H and O–H groups in total. The van der Waals surface area contributed by atoms with Crippen molar-refractivity contribution in [1.82, 2.24) is 9.55 Å². The average Bonchev–Trinajstić information content (AvgIpc) is 3.20. The molecule has 0 radical (unpaired) electrons. The monoisotopic (exact) mass is 231 g/mol. The molecule has 92 valence electrons. The molecule has 0 atom stereocenters. The molecule has 3 nitrogen and oxygen atoms in total. The minimum atomic E-state index is 0.736. The predicted octanol–water partition coefficient (Wildman–Crippen LogP) is 3.07. The summed E-state index contributed by atoms with van der Waals surface area (Å²) in [5, 5.41) is 3.61. The normalized spacial score (nSPS) is 24.3. The molecular weight excluding hydrogens is 210 g/mol. The maximum Gasteiger partial charge on any atom is 0.203 e. The van der Waals surface area contributed by atoms with Gasteiger partial charge in [0.15, 0.2) is 0 Å². The van der Waals surface area contributed by atoms with Gasteiger partial charge in [0.25, 0.3) is 0 Å². The van der Waals surface area contributed by atoms with Crippen LogP contribution >= 0.6 is 0 Å². The number of hydrogen-bond acceptors (Lipinski definition) is 2. The highest BCUT2D eigenvalue weighted by atomic mass is 15.2. The van der Waals surface area contributed by atoms with Gasteiger partial charge in [0.05, 0.1) is 0 Å². The van der Waals surface area contributed by atoms with Crippen LogP contribution in [0.4, 0.5) is 5.95 Å². The number of anilines is 1. The molecule has 1 aromatic heterocycles.